The summed E-state index contributed by atoms with van der Waals surface area (Å²) in [5.74, 6) is 0.512. The van der Waals surface area contributed by atoms with Crippen LogP contribution in [0.25, 0.3) is 0 Å². The minimum absolute atomic E-state index is 0.0235. The third-order valence-corrected chi connectivity index (χ3v) is 4.28. The molecular formula is C16H22N2O. The van der Waals surface area contributed by atoms with E-state index < -0.39 is 0 Å². The van der Waals surface area contributed by atoms with Crippen LogP contribution in [-0.2, 0) is 0 Å². The van der Waals surface area contributed by atoms with E-state index in [-0.39, 0.29) is 6.03 Å². The number of hydrogen-bond acceptors (Lipinski definition) is 1. The van der Waals surface area contributed by atoms with Gasteiger partial charge < -0.3 is 10.6 Å². The molecule has 3 heteroatoms. The van der Waals surface area contributed by atoms with Crippen LogP contribution in [-0.4, -0.2) is 18.1 Å². The highest BCUT2D eigenvalue weighted by molar-refractivity contribution is 5.75. The van der Waals surface area contributed by atoms with E-state index in [4.69, 9.17) is 0 Å². The molecule has 2 fully saturated rings. The summed E-state index contributed by atoms with van der Waals surface area (Å²) >= 11 is 0. The van der Waals surface area contributed by atoms with Gasteiger partial charge in [-0.25, -0.2) is 4.79 Å². The Morgan fingerprint density at radius 3 is 2.47 bits per heavy atom. The zero-order chi connectivity index (χ0) is 13.1. The van der Waals surface area contributed by atoms with E-state index in [1.54, 1.807) is 0 Å². The van der Waals surface area contributed by atoms with Crippen molar-refractivity contribution < 1.29 is 4.79 Å². The van der Waals surface area contributed by atoms with Crippen molar-refractivity contribution in [3.63, 3.8) is 0 Å². The smallest absolute Gasteiger partial charge is 0.315 e. The van der Waals surface area contributed by atoms with Gasteiger partial charge in [-0.2, -0.15) is 0 Å². The monoisotopic (exact) mass is 258 g/mol. The number of carbonyl (C=O) groups excluding carboxylic acids is 1. The lowest BCUT2D eigenvalue weighted by Crippen LogP contribution is -2.43. The van der Waals surface area contributed by atoms with E-state index in [9.17, 15) is 4.79 Å². The van der Waals surface area contributed by atoms with Crippen molar-refractivity contribution >= 4 is 6.03 Å². The molecule has 2 atom stereocenters. The molecule has 2 N–H and O–H groups in total. The molecule has 2 amide bonds. The second kappa shape index (κ2) is 5.64. The first-order valence-electron chi connectivity index (χ1n) is 7.45. The second-order valence-electron chi connectivity index (χ2n) is 5.81. The van der Waals surface area contributed by atoms with Crippen LogP contribution in [0.1, 0.15) is 50.0 Å². The number of carbonyl (C=O) groups is 1. The first-order valence-corrected chi connectivity index (χ1v) is 7.45. The van der Waals surface area contributed by atoms with Crippen molar-refractivity contribution in [2.24, 2.45) is 0 Å². The molecule has 19 heavy (non-hydrogen) atoms. The first kappa shape index (κ1) is 12.5. The highest BCUT2D eigenvalue weighted by atomic mass is 16.2. The van der Waals surface area contributed by atoms with Gasteiger partial charge in [-0.15, -0.1) is 0 Å². The summed E-state index contributed by atoms with van der Waals surface area (Å²) in [5, 5.41) is 6.21. The molecule has 102 valence electrons. The third kappa shape index (κ3) is 3.28. The molecular weight excluding hydrogens is 236 g/mol. The SMILES string of the molecule is O=C(NC1CCCCC1)NC1CC1c1ccccc1. The molecule has 2 saturated carbocycles. The number of amides is 2. The predicted octanol–water partition coefficient (Wildman–Crippen LogP) is 3.17. The first-order chi connectivity index (χ1) is 9.33. The maximum absolute atomic E-state index is 11.9. The topological polar surface area (TPSA) is 41.1 Å². The number of urea groups is 1. The van der Waals surface area contributed by atoms with Gasteiger partial charge in [0, 0.05) is 18.0 Å². The summed E-state index contributed by atoms with van der Waals surface area (Å²) in [4.78, 5) is 11.9. The highest BCUT2D eigenvalue weighted by Crippen LogP contribution is 2.40. The van der Waals surface area contributed by atoms with Crippen molar-refractivity contribution in [1.29, 1.82) is 0 Å². The lowest BCUT2D eigenvalue weighted by atomic mass is 9.96. The Labute approximate surface area is 114 Å². The summed E-state index contributed by atoms with van der Waals surface area (Å²) in [6.07, 6.45) is 7.17. The van der Waals surface area contributed by atoms with Gasteiger partial charge in [0.1, 0.15) is 0 Å². The molecule has 0 heterocycles. The maximum atomic E-state index is 11.9. The lowest BCUT2D eigenvalue weighted by Gasteiger charge is -2.22. The zero-order valence-corrected chi connectivity index (χ0v) is 11.3. The average Bonchev–Trinajstić information content (AvgIpc) is 3.20. The second-order valence-corrected chi connectivity index (χ2v) is 5.81. The number of benzene rings is 1. The maximum Gasteiger partial charge on any atom is 0.315 e. The lowest BCUT2D eigenvalue weighted by molar-refractivity contribution is 0.232. The zero-order valence-electron chi connectivity index (χ0n) is 11.3. The Hall–Kier alpha value is -1.51. The van der Waals surface area contributed by atoms with Crippen molar-refractivity contribution in [3.8, 4) is 0 Å². The summed E-state index contributed by atoms with van der Waals surface area (Å²) in [6.45, 7) is 0. The van der Waals surface area contributed by atoms with Gasteiger partial charge in [0.15, 0.2) is 0 Å². The molecule has 2 unspecified atom stereocenters. The van der Waals surface area contributed by atoms with Gasteiger partial charge in [-0.3, -0.25) is 0 Å². The van der Waals surface area contributed by atoms with Gasteiger partial charge in [-0.05, 0) is 24.8 Å². The molecule has 0 saturated heterocycles. The molecule has 0 radical (unpaired) electrons. The quantitative estimate of drug-likeness (QED) is 0.859. The Morgan fingerprint density at radius 2 is 1.74 bits per heavy atom. The van der Waals surface area contributed by atoms with E-state index in [2.05, 4.69) is 34.9 Å². The molecule has 3 rings (SSSR count). The van der Waals surface area contributed by atoms with E-state index in [0.29, 0.717) is 18.0 Å². The fourth-order valence-corrected chi connectivity index (χ4v) is 3.07. The van der Waals surface area contributed by atoms with Crippen molar-refractivity contribution in [1.82, 2.24) is 10.6 Å². The fraction of sp³-hybridized carbons (Fsp3) is 0.562. The van der Waals surface area contributed by atoms with Crippen LogP contribution < -0.4 is 10.6 Å². The highest BCUT2D eigenvalue weighted by Gasteiger charge is 2.39. The number of rotatable bonds is 3. The van der Waals surface area contributed by atoms with Crippen molar-refractivity contribution in [3.05, 3.63) is 35.9 Å². The van der Waals surface area contributed by atoms with Gasteiger partial charge in [-0.1, -0.05) is 49.6 Å². The average molecular weight is 258 g/mol. The Morgan fingerprint density at radius 1 is 1.00 bits per heavy atom. The molecule has 1 aromatic carbocycles. The standard InChI is InChI=1S/C16H22N2O/c19-16(17-13-9-5-2-6-10-13)18-15-11-14(15)12-7-3-1-4-8-12/h1,3-4,7-8,13-15H,2,5-6,9-11H2,(H2,17,18,19). The molecule has 2 aliphatic rings. The molecule has 3 nitrogen and oxygen atoms in total. The summed E-state index contributed by atoms with van der Waals surface area (Å²) < 4.78 is 0. The van der Waals surface area contributed by atoms with Crippen LogP contribution in [0.2, 0.25) is 0 Å². The summed E-state index contributed by atoms with van der Waals surface area (Å²) in [5.41, 5.74) is 1.34. The largest absolute Gasteiger partial charge is 0.335 e. The molecule has 2 aliphatic carbocycles. The normalized spacial score (nSPS) is 26.7. The molecule has 0 aliphatic heterocycles. The van der Waals surface area contributed by atoms with Crippen LogP contribution in [0.15, 0.2) is 30.3 Å². The Balaban J connectivity index is 1.44. The third-order valence-electron chi connectivity index (χ3n) is 4.28. The minimum Gasteiger partial charge on any atom is -0.335 e. The van der Waals surface area contributed by atoms with Crippen LogP contribution in [0.4, 0.5) is 4.79 Å². The van der Waals surface area contributed by atoms with E-state index in [1.165, 1.54) is 24.8 Å². The number of hydrogen-bond donors (Lipinski definition) is 2. The van der Waals surface area contributed by atoms with Gasteiger partial charge in [0.2, 0.25) is 0 Å². The molecule has 0 spiro atoms. The molecule has 1 aromatic rings. The Kier molecular flexibility index (Phi) is 3.72. The fourth-order valence-electron chi connectivity index (χ4n) is 3.07. The van der Waals surface area contributed by atoms with Crippen LogP contribution in [0, 0.1) is 0 Å². The van der Waals surface area contributed by atoms with Crippen molar-refractivity contribution in [2.75, 3.05) is 0 Å². The van der Waals surface area contributed by atoms with E-state index in [1.807, 2.05) is 6.07 Å². The van der Waals surface area contributed by atoms with Crippen LogP contribution >= 0.6 is 0 Å². The molecule has 0 aromatic heterocycles. The molecule has 0 bridgehead atoms. The van der Waals surface area contributed by atoms with Crippen LogP contribution in [0.3, 0.4) is 0 Å². The van der Waals surface area contributed by atoms with E-state index in [0.717, 1.165) is 19.3 Å². The van der Waals surface area contributed by atoms with Crippen molar-refractivity contribution in [2.45, 2.75) is 56.5 Å². The van der Waals surface area contributed by atoms with Gasteiger partial charge in [0.25, 0.3) is 0 Å². The van der Waals surface area contributed by atoms with Gasteiger partial charge in [0.05, 0.1) is 0 Å². The van der Waals surface area contributed by atoms with Gasteiger partial charge >= 0.3 is 6.03 Å². The summed E-state index contributed by atoms with van der Waals surface area (Å²) in [7, 11) is 0. The van der Waals surface area contributed by atoms with Crippen LogP contribution in [0.5, 0.6) is 0 Å². The van der Waals surface area contributed by atoms with E-state index >= 15 is 0 Å². The summed E-state index contributed by atoms with van der Waals surface area (Å²) in [6, 6.07) is 11.2. The Bertz CT molecular complexity index is 426. The minimum atomic E-state index is 0.0235. The predicted molar refractivity (Wildman–Crippen MR) is 76.1 cm³/mol. The number of nitrogens with one attached hydrogen (secondary N) is 2.